The second-order valence-electron chi connectivity index (χ2n) is 12.6. The van der Waals surface area contributed by atoms with Crippen LogP contribution in [-0.4, -0.2) is 52.6 Å². The molecule has 0 saturated heterocycles. The number of carbonyl (C=O) groups is 3. The molecule has 1 heterocycles. The third kappa shape index (κ3) is 8.11. The minimum absolute atomic E-state index is 0.0458. The minimum atomic E-state index is -1.27. The number of ether oxygens (including phenoxy) is 2. The van der Waals surface area contributed by atoms with Crippen LogP contribution in [0.15, 0.2) is 109 Å². The molecule has 248 valence electrons. The molecule has 1 aliphatic rings. The van der Waals surface area contributed by atoms with E-state index >= 15 is 0 Å². The Labute approximate surface area is 280 Å². The topological polar surface area (TPSA) is 131 Å². The molecule has 3 N–H and O–H groups in total. The number of nitrogens with zero attached hydrogens (tertiary/aromatic N) is 1. The van der Waals surface area contributed by atoms with E-state index in [1.54, 1.807) is 51.2 Å². The highest BCUT2D eigenvalue weighted by Gasteiger charge is 2.30. The van der Waals surface area contributed by atoms with Gasteiger partial charge in [0.2, 0.25) is 0 Å². The number of aromatic nitrogens is 1. The first-order valence-electron chi connectivity index (χ1n) is 15.9. The van der Waals surface area contributed by atoms with Crippen molar-refractivity contribution < 1.29 is 29.0 Å². The monoisotopic (exact) mass is 646 g/mol. The molecule has 1 aliphatic carbocycles. The van der Waals surface area contributed by atoms with Crippen molar-refractivity contribution in [2.45, 2.75) is 51.2 Å². The van der Waals surface area contributed by atoms with Crippen molar-refractivity contribution in [2.24, 2.45) is 0 Å². The van der Waals surface area contributed by atoms with Crippen LogP contribution in [0.1, 0.15) is 48.9 Å². The Morgan fingerprint density at radius 3 is 2.04 bits per heavy atom. The second kappa shape index (κ2) is 15.0. The summed E-state index contributed by atoms with van der Waals surface area (Å²) in [4.78, 5) is 37.7. The van der Waals surface area contributed by atoms with Crippen LogP contribution in [0.4, 0.5) is 9.59 Å². The minimum Gasteiger partial charge on any atom is -0.677 e. The first-order valence-corrected chi connectivity index (χ1v) is 15.9. The summed E-state index contributed by atoms with van der Waals surface area (Å²) < 4.78 is 12.4. The molecule has 0 aliphatic heterocycles. The third-order valence-corrected chi connectivity index (χ3v) is 8.00. The zero-order valence-electron chi connectivity index (χ0n) is 27.3. The second-order valence-corrected chi connectivity index (χ2v) is 12.6. The quantitative estimate of drug-likeness (QED) is 0.175. The van der Waals surface area contributed by atoms with Gasteiger partial charge in [0, 0.05) is 23.9 Å². The molecule has 5 aromatic rings. The highest BCUT2D eigenvalue weighted by Crippen LogP contribution is 2.44. The van der Waals surface area contributed by atoms with Gasteiger partial charge in [0.15, 0.2) is 0 Å². The van der Waals surface area contributed by atoms with Gasteiger partial charge < -0.3 is 25.6 Å². The first-order chi connectivity index (χ1) is 23.1. The number of hydrogen-bond donors (Lipinski definition) is 2. The summed E-state index contributed by atoms with van der Waals surface area (Å²) in [6, 6.07) is 32.0. The van der Waals surface area contributed by atoms with Crippen LogP contribution < -0.4 is 5.32 Å². The normalized spacial score (nSPS) is 12.7. The molecule has 4 aromatic carbocycles. The Morgan fingerprint density at radius 2 is 1.44 bits per heavy atom. The summed E-state index contributed by atoms with van der Waals surface area (Å²) >= 11 is 0. The average Bonchev–Trinajstić information content (AvgIpc) is 3.59. The van der Waals surface area contributed by atoms with Crippen molar-refractivity contribution in [3.8, 4) is 11.1 Å². The van der Waals surface area contributed by atoms with Crippen molar-refractivity contribution in [2.75, 3.05) is 13.2 Å². The fourth-order valence-electron chi connectivity index (χ4n) is 5.87. The Hall–Kier alpha value is -5.41. The van der Waals surface area contributed by atoms with Gasteiger partial charge in [-0.1, -0.05) is 97.1 Å². The van der Waals surface area contributed by atoms with Gasteiger partial charge in [-0.25, -0.2) is 14.4 Å². The van der Waals surface area contributed by atoms with Crippen molar-refractivity contribution in [3.63, 3.8) is 0 Å². The summed E-state index contributed by atoms with van der Waals surface area (Å²) in [5, 5.41) is 13.1. The number of amides is 1. The maximum absolute atomic E-state index is 12.8. The lowest BCUT2D eigenvalue weighted by molar-refractivity contribution is -0.139. The number of benzene rings is 4. The molecule has 1 amide bonds. The third-order valence-electron chi connectivity index (χ3n) is 8.00. The summed E-state index contributed by atoms with van der Waals surface area (Å²) in [6.45, 7) is 5.89. The lowest BCUT2D eigenvalue weighted by Gasteiger charge is -2.19. The Bertz CT molecular complexity index is 1850. The molecule has 0 fully saturated rings. The Morgan fingerprint density at radius 1 is 0.854 bits per heavy atom. The van der Waals surface area contributed by atoms with Crippen molar-refractivity contribution >= 4 is 29.1 Å². The Balaban J connectivity index is 0.000000434. The van der Waals surface area contributed by atoms with Crippen molar-refractivity contribution in [3.05, 3.63) is 137 Å². The standard InChI is InChI=1S/C31H30N2O6.C8H10N/c1-31(2,3)39-30(37)33-17-19(20-10-8-9-15-27(20)33)16-26(28(34)35)32-29(36)38-18-25-23-13-6-4-11-21(23)22-12-5-7-14-24(22)25;9-7-6-8-4-2-1-3-5-8/h4-15,17,25-26H,16,18H2,1-3H3,(H,32,36)(H,34,35);1-5,9H,6-7H2/q;-1/t26-;/m1./s1. The predicted molar refractivity (Wildman–Crippen MR) is 186 cm³/mol. The number of carbonyl (C=O) groups excluding carboxylic acids is 2. The fourth-order valence-corrected chi connectivity index (χ4v) is 5.87. The van der Waals surface area contributed by atoms with E-state index in [9.17, 15) is 19.5 Å². The number of fused-ring (bicyclic) bond motifs is 4. The number of nitrogens with one attached hydrogen (secondary N) is 2. The molecule has 0 saturated carbocycles. The number of aliphatic carboxylic acids is 1. The average molecular weight is 647 g/mol. The zero-order chi connectivity index (χ0) is 34.3. The summed E-state index contributed by atoms with van der Waals surface area (Å²) in [5.74, 6) is -1.35. The van der Waals surface area contributed by atoms with Gasteiger partial charge >= 0.3 is 18.2 Å². The van der Waals surface area contributed by atoms with Gasteiger partial charge in [0.05, 0.1) is 5.52 Å². The maximum Gasteiger partial charge on any atom is 0.419 e. The summed E-state index contributed by atoms with van der Waals surface area (Å²) in [5.41, 5.74) is 13.0. The van der Waals surface area contributed by atoms with Crippen LogP contribution in [0.5, 0.6) is 0 Å². The molecule has 0 unspecified atom stereocenters. The number of alkyl carbamates (subject to hydrolysis) is 1. The number of hydrogen-bond acceptors (Lipinski definition) is 5. The van der Waals surface area contributed by atoms with Gasteiger partial charge in [-0.05, 0) is 66.6 Å². The van der Waals surface area contributed by atoms with Crippen LogP contribution >= 0.6 is 0 Å². The molecule has 1 aromatic heterocycles. The highest BCUT2D eigenvalue weighted by molar-refractivity contribution is 5.93. The van der Waals surface area contributed by atoms with Crippen LogP contribution in [0.2, 0.25) is 0 Å². The van der Waals surface area contributed by atoms with Gasteiger partial charge in [-0.2, -0.15) is 0 Å². The van der Waals surface area contributed by atoms with E-state index in [0.717, 1.165) is 28.7 Å². The van der Waals surface area contributed by atoms with E-state index in [1.807, 2.05) is 66.7 Å². The van der Waals surface area contributed by atoms with E-state index in [4.69, 9.17) is 15.2 Å². The van der Waals surface area contributed by atoms with Crippen LogP contribution in [0.25, 0.3) is 27.8 Å². The first kappa shape index (κ1) is 33.9. The molecule has 9 heteroatoms. The lowest BCUT2D eigenvalue weighted by atomic mass is 9.98. The van der Waals surface area contributed by atoms with Gasteiger partial charge in [-0.3, -0.25) is 4.57 Å². The zero-order valence-corrected chi connectivity index (χ0v) is 27.3. The number of carboxylic acid groups (broad SMARTS) is 1. The van der Waals surface area contributed by atoms with Crippen LogP contribution in [0.3, 0.4) is 0 Å². The molecule has 0 radical (unpaired) electrons. The molecule has 0 bridgehead atoms. The number of para-hydroxylation sites is 1. The van der Waals surface area contributed by atoms with Crippen LogP contribution in [0, 0.1) is 0 Å². The van der Waals surface area contributed by atoms with Gasteiger partial charge in [0.25, 0.3) is 0 Å². The van der Waals surface area contributed by atoms with E-state index in [-0.39, 0.29) is 18.9 Å². The molecule has 9 nitrogen and oxygen atoms in total. The molecule has 48 heavy (non-hydrogen) atoms. The van der Waals surface area contributed by atoms with Crippen molar-refractivity contribution in [1.82, 2.24) is 9.88 Å². The predicted octanol–water partition coefficient (Wildman–Crippen LogP) is 8.24. The Kier molecular flexibility index (Phi) is 10.6. The summed E-state index contributed by atoms with van der Waals surface area (Å²) in [6.07, 6.45) is 1.01. The van der Waals surface area contributed by atoms with Gasteiger partial charge in [0.1, 0.15) is 18.2 Å². The van der Waals surface area contributed by atoms with E-state index in [2.05, 4.69) is 17.4 Å². The number of rotatable bonds is 8. The molecule has 0 spiro atoms. The molecule has 6 rings (SSSR count). The maximum atomic E-state index is 12.8. The lowest BCUT2D eigenvalue weighted by Crippen LogP contribution is -2.42. The number of carboxylic acids is 1. The van der Waals surface area contributed by atoms with E-state index in [0.29, 0.717) is 23.0 Å². The largest absolute Gasteiger partial charge is 0.677 e. The van der Waals surface area contributed by atoms with E-state index in [1.165, 1.54) is 10.1 Å². The van der Waals surface area contributed by atoms with Gasteiger partial charge in [-0.15, -0.1) is 6.54 Å². The van der Waals surface area contributed by atoms with Crippen LogP contribution in [-0.2, 0) is 27.1 Å². The SMILES string of the molecule is CC(C)(C)OC(=O)n1cc(C[C@@H](NC(=O)OCC2c3ccccc3-c3ccccc32)C(=O)O)c2ccccc21.[NH-]CCc1ccccc1. The highest BCUT2D eigenvalue weighted by atomic mass is 16.6. The van der Waals surface area contributed by atoms with Crippen molar-refractivity contribution in [1.29, 1.82) is 0 Å². The molecule has 1 atom stereocenters. The smallest absolute Gasteiger partial charge is 0.419 e. The molecular weight excluding hydrogens is 606 g/mol. The summed E-state index contributed by atoms with van der Waals surface area (Å²) in [7, 11) is 0. The fraction of sp³-hybridized carbons (Fsp3) is 0.256. The van der Waals surface area contributed by atoms with E-state index < -0.39 is 29.8 Å². The molecular formula is C39H40N3O6-.